The van der Waals surface area contributed by atoms with E-state index in [9.17, 15) is 4.79 Å². The number of aliphatic hydroxyl groups excluding tert-OH is 1. The number of aliphatic hydroxyl groups is 1. The zero-order chi connectivity index (χ0) is 10.1. The van der Waals surface area contributed by atoms with Crippen LogP contribution < -0.4 is 0 Å². The number of hydrogen-bond donors (Lipinski definition) is 1. The molecule has 0 aromatic heterocycles. The van der Waals surface area contributed by atoms with Gasteiger partial charge in [-0.05, 0) is 18.6 Å². The van der Waals surface area contributed by atoms with Crippen LogP contribution in [0, 0.1) is 0 Å². The van der Waals surface area contributed by atoms with E-state index in [0.29, 0.717) is 17.5 Å². The highest BCUT2D eigenvalue weighted by molar-refractivity contribution is 7.99. The first kappa shape index (κ1) is 13.0. The van der Waals surface area contributed by atoms with Crippen LogP contribution in [-0.2, 0) is 4.79 Å². The van der Waals surface area contributed by atoms with Crippen molar-refractivity contribution in [3.05, 3.63) is 0 Å². The molecule has 0 spiro atoms. The van der Waals surface area contributed by atoms with E-state index >= 15 is 0 Å². The lowest BCUT2D eigenvalue weighted by Gasteiger charge is -2.08. The highest BCUT2D eigenvalue weighted by Gasteiger charge is 2.02. The van der Waals surface area contributed by atoms with Gasteiger partial charge in [0, 0.05) is 24.7 Å². The van der Waals surface area contributed by atoms with E-state index in [-0.39, 0.29) is 6.61 Å². The van der Waals surface area contributed by atoms with Gasteiger partial charge in [-0.2, -0.15) is 11.8 Å². The number of ketones is 1. The standard InChI is InChI=1S/C10H20O2S/c1-3-10(12)5-4-8-13-9(2)6-7-11/h9,11H,3-8H2,1-2H3. The summed E-state index contributed by atoms with van der Waals surface area (Å²) in [6, 6.07) is 0. The van der Waals surface area contributed by atoms with Crippen LogP contribution >= 0.6 is 11.8 Å². The lowest BCUT2D eigenvalue weighted by Crippen LogP contribution is -2.02. The van der Waals surface area contributed by atoms with E-state index < -0.39 is 0 Å². The number of carbonyl (C=O) groups is 1. The van der Waals surface area contributed by atoms with Crippen molar-refractivity contribution in [1.29, 1.82) is 0 Å². The Hall–Kier alpha value is -0.0200. The van der Waals surface area contributed by atoms with Crippen molar-refractivity contribution in [2.24, 2.45) is 0 Å². The molecule has 1 atom stereocenters. The third-order valence-electron chi connectivity index (χ3n) is 1.93. The minimum atomic E-state index is 0.266. The third-order valence-corrected chi connectivity index (χ3v) is 3.26. The van der Waals surface area contributed by atoms with Gasteiger partial charge in [-0.1, -0.05) is 13.8 Å². The van der Waals surface area contributed by atoms with Gasteiger partial charge in [-0.25, -0.2) is 0 Å². The molecule has 1 unspecified atom stereocenters. The molecule has 0 aromatic carbocycles. The highest BCUT2D eigenvalue weighted by Crippen LogP contribution is 2.15. The van der Waals surface area contributed by atoms with E-state index in [1.807, 2.05) is 18.7 Å². The van der Waals surface area contributed by atoms with Crippen LogP contribution in [0.1, 0.15) is 39.5 Å². The Kier molecular flexibility index (Phi) is 8.56. The highest BCUT2D eigenvalue weighted by atomic mass is 32.2. The van der Waals surface area contributed by atoms with Crippen LogP contribution in [0.3, 0.4) is 0 Å². The van der Waals surface area contributed by atoms with Crippen molar-refractivity contribution in [1.82, 2.24) is 0 Å². The molecular formula is C10H20O2S. The Bertz CT molecular complexity index is 137. The molecule has 0 rings (SSSR count). The average molecular weight is 204 g/mol. The van der Waals surface area contributed by atoms with E-state index in [2.05, 4.69) is 6.92 Å². The second-order valence-corrected chi connectivity index (χ2v) is 4.74. The molecule has 0 aliphatic carbocycles. The first-order valence-electron chi connectivity index (χ1n) is 4.94. The second-order valence-electron chi connectivity index (χ2n) is 3.19. The molecule has 13 heavy (non-hydrogen) atoms. The van der Waals surface area contributed by atoms with Crippen LogP contribution in [0.15, 0.2) is 0 Å². The van der Waals surface area contributed by atoms with Gasteiger partial charge >= 0.3 is 0 Å². The smallest absolute Gasteiger partial charge is 0.132 e. The summed E-state index contributed by atoms with van der Waals surface area (Å²) in [5.41, 5.74) is 0. The van der Waals surface area contributed by atoms with Crippen molar-refractivity contribution in [2.45, 2.75) is 44.8 Å². The predicted octanol–water partition coefficient (Wildman–Crippen LogP) is 2.25. The van der Waals surface area contributed by atoms with Gasteiger partial charge in [0.1, 0.15) is 5.78 Å². The minimum Gasteiger partial charge on any atom is -0.396 e. The number of carbonyl (C=O) groups excluding carboxylic acids is 1. The fourth-order valence-electron chi connectivity index (χ4n) is 0.996. The summed E-state index contributed by atoms with van der Waals surface area (Å²) in [6.45, 7) is 4.29. The van der Waals surface area contributed by atoms with Crippen LogP contribution in [0.5, 0.6) is 0 Å². The molecular weight excluding hydrogens is 184 g/mol. The Morgan fingerprint density at radius 2 is 2.23 bits per heavy atom. The summed E-state index contributed by atoms with van der Waals surface area (Å²) in [4.78, 5) is 10.9. The number of thioether (sulfide) groups is 1. The van der Waals surface area contributed by atoms with Gasteiger partial charge in [0.15, 0.2) is 0 Å². The van der Waals surface area contributed by atoms with Crippen molar-refractivity contribution in [2.75, 3.05) is 12.4 Å². The predicted molar refractivity (Wildman–Crippen MR) is 58.2 cm³/mol. The quantitative estimate of drug-likeness (QED) is 0.616. The first-order valence-corrected chi connectivity index (χ1v) is 5.99. The molecule has 0 aliphatic heterocycles. The largest absolute Gasteiger partial charge is 0.396 e. The third kappa shape index (κ3) is 8.31. The van der Waals surface area contributed by atoms with Gasteiger partial charge in [0.25, 0.3) is 0 Å². The molecule has 3 heteroatoms. The van der Waals surface area contributed by atoms with Gasteiger partial charge in [-0.3, -0.25) is 4.79 Å². The van der Waals surface area contributed by atoms with Crippen molar-refractivity contribution in [3.8, 4) is 0 Å². The lowest BCUT2D eigenvalue weighted by atomic mass is 10.2. The molecule has 0 amide bonds. The normalized spacial score (nSPS) is 12.8. The molecule has 0 aliphatic rings. The lowest BCUT2D eigenvalue weighted by molar-refractivity contribution is -0.118. The van der Waals surface area contributed by atoms with Crippen LogP contribution in [0.4, 0.5) is 0 Å². The Labute approximate surface area is 85.1 Å². The molecule has 2 nitrogen and oxygen atoms in total. The molecule has 0 fully saturated rings. The van der Waals surface area contributed by atoms with Gasteiger partial charge in [0.05, 0.1) is 0 Å². The summed E-state index contributed by atoms with van der Waals surface area (Å²) in [5, 5.41) is 9.17. The summed E-state index contributed by atoms with van der Waals surface area (Å²) < 4.78 is 0. The topological polar surface area (TPSA) is 37.3 Å². The van der Waals surface area contributed by atoms with Crippen LogP contribution in [-0.4, -0.2) is 28.5 Å². The zero-order valence-electron chi connectivity index (χ0n) is 8.58. The fourth-order valence-corrected chi connectivity index (χ4v) is 1.98. The van der Waals surface area contributed by atoms with Crippen molar-refractivity contribution >= 4 is 17.5 Å². The zero-order valence-corrected chi connectivity index (χ0v) is 9.40. The van der Waals surface area contributed by atoms with E-state index in [4.69, 9.17) is 5.11 Å². The second kappa shape index (κ2) is 8.57. The van der Waals surface area contributed by atoms with Gasteiger partial charge in [0.2, 0.25) is 0 Å². The fraction of sp³-hybridized carbons (Fsp3) is 0.900. The Balaban J connectivity index is 3.20. The Morgan fingerprint density at radius 1 is 1.54 bits per heavy atom. The van der Waals surface area contributed by atoms with E-state index in [1.54, 1.807) is 0 Å². The maximum absolute atomic E-state index is 10.9. The van der Waals surface area contributed by atoms with E-state index in [1.165, 1.54) is 0 Å². The molecule has 78 valence electrons. The molecule has 0 heterocycles. The summed E-state index contributed by atoms with van der Waals surface area (Å²) >= 11 is 1.84. The van der Waals surface area contributed by atoms with Crippen LogP contribution in [0.25, 0.3) is 0 Å². The molecule has 0 saturated heterocycles. The molecule has 0 saturated carbocycles. The van der Waals surface area contributed by atoms with Crippen molar-refractivity contribution < 1.29 is 9.90 Å². The number of hydrogen-bond acceptors (Lipinski definition) is 3. The molecule has 1 N–H and O–H groups in total. The molecule has 0 aromatic rings. The maximum Gasteiger partial charge on any atom is 0.132 e. The number of Topliss-reactive ketones (excluding diaryl/α,β-unsaturated/α-hetero) is 1. The molecule has 0 radical (unpaired) electrons. The molecule has 0 bridgehead atoms. The van der Waals surface area contributed by atoms with Crippen LogP contribution in [0.2, 0.25) is 0 Å². The monoisotopic (exact) mass is 204 g/mol. The van der Waals surface area contributed by atoms with Gasteiger partial charge in [-0.15, -0.1) is 0 Å². The van der Waals surface area contributed by atoms with Gasteiger partial charge < -0.3 is 5.11 Å². The Morgan fingerprint density at radius 3 is 2.77 bits per heavy atom. The average Bonchev–Trinajstić information content (AvgIpc) is 2.12. The maximum atomic E-state index is 10.9. The first-order chi connectivity index (χ1) is 6.20. The van der Waals surface area contributed by atoms with Crippen molar-refractivity contribution in [3.63, 3.8) is 0 Å². The minimum absolute atomic E-state index is 0.266. The summed E-state index contributed by atoms with van der Waals surface area (Å²) in [6.07, 6.45) is 3.21. The number of rotatable bonds is 8. The summed E-state index contributed by atoms with van der Waals surface area (Å²) in [5.74, 6) is 1.39. The summed E-state index contributed by atoms with van der Waals surface area (Å²) in [7, 11) is 0. The van der Waals surface area contributed by atoms with E-state index in [0.717, 1.165) is 25.0 Å². The SMILES string of the molecule is CCC(=O)CCCSC(C)CCO.